The summed E-state index contributed by atoms with van der Waals surface area (Å²) in [5.41, 5.74) is 6.67. The van der Waals surface area contributed by atoms with Crippen LogP contribution in [0, 0.1) is 0 Å². The predicted molar refractivity (Wildman–Crippen MR) is 83.3 cm³/mol. The molecule has 0 amide bonds. The quantitative estimate of drug-likeness (QED) is 0.904. The van der Waals surface area contributed by atoms with Gasteiger partial charge in [0, 0.05) is 25.0 Å². The lowest BCUT2D eigenvalue weighted by Gasteiger charge is -2.40. The summed E-state index contributed by atoms with van der Waals surface area (Å²) in [6.07, 6.45) is 9.45. The van der Waals surface area contributed by atoms with Crippen molar-refractivity contribution in [3.05, 3.63) is 18.6 Å². The van der Waals surface area contributed by atoms with E-state index in [1.807, 2.05) is 10.6 Å². The molecule has 114 valence electrons. The number of aromatic nitrogens is 3. The Balaban J connectivity index is 1.83. The van der Waals surface area contributed by atoms with Gasteiger partial charge < -0.3 is 20.2 Å². The van der Waals surface area contributed by atoms with E-state index in [0.29, 0.717) is 11.9 Å². The van der Waals surface area contributed by atoms with Crippen LogP contribution in [0.2, 0.25) is 0 Å². The normalized spacial score (nSPS) is 21.5. The van der Waals surface area contributed by atoms with Crippen LogP contribution in [0.5, 0.6) is 0 Å². The van der Waals surface area contributed by atoms with Crippen molar-refractivity contribution in [2.75, 3.05) is 17.7 Å². The standard InChI is InChI=1S/C15H23N5O/c1-3-15(4-2)9-11(5-8-21-15)18-13-14-17-6-7-20(14)10-12(16)19-13/h6-7,10-11H,3-5,8-9,16H2,1-2H3,(H,18,19). The van der Waals surface area contributed by atoms with Gasteiger partial charge in [0.15, 0.2) is 11.5 Å². The highest BCUT2D eigenvalue weighted by molar-refractivity contribution is 5.65. The predicted octanol–water partition coefficient (Wildman–Crippen LogP) is 2.46. The number of ether oxygens (including phenoxy) is 1. The van der Waals surface area contributed by atoms with Crippen molar-refractivity contribution in [2.24, 2.45) is 0 Å². The number of hydrogen-bond acceptors (Lipinski definition) is 5. The van der Waals surface area contributed by atoms with Gasteiger partial charge in [-0.3, -0.25) is 0 Å². The van der Waals surface area contributed by atoms with Gasteiger partial charge in [-0.05, 0) is 25.7 Å². The van der Waals surface area contributed by atoms with Crippen molar-refractivity contribution in [1.29, 1.82) is 0 Å². The van der Waals surface area contributed by atoms with Crippen LogP contribution in [-0.2, 0) is 4.74 Å². The third-order valence-electron chi connectivity index (χ3n) is 4.52. The first-order chi connectivity index (χ1) is 10.2. The molecular weight excluding hydrogens is 266 g/mol. The van der Waals surface area contributed by atoms with Gasteiger partial charge in [-0.25, -0.2) is 9.97 Å². The van der Waals surface area contributed by atoms with Gasteiger partial charge in [-0.2, -0.15) is 0 Å². The molecule has 3 rings (SSSR count). The molecule has 3 heterocycles. The Morgan fingerprint density at radius 1 is 1.48 bits per heavy atom. The summed E-state index contributed by atoms with van der Waals surface area (Å²) in [7, 11) is 0. The van der Waals surface area contributed by atoms with E-state index in [1.54, 1.807) is 12.4 Å². The van der Waals surface area contributed by atoms with Crippen molar-refractivity contribution in [3.63, 3.8) is 0 Å². The van der Waals surface area contributed by atoms with Crippen LogP contribution in [0.1, 0.15) is 39.5 Å². The van der Waals surface area contributed by atoms with Crippen molar-refractivity contribution in [1.82, 2.24) is 14.4 Å². The topological polar surface area (TPSA) is 77.5 Å². The van der Waals surface area contributed by atoms with Crippen LogP contribution >= 0.6 is 0 Å². The molecule has 1 unspecified atom stereocenters. The van der Waals surface area contributed by atoms with Gasteiger partial charge in [-0.1, -0.05) is 13.8 Å². The molecule has 0 bridgehead atoms. The summed E-state index contributed by atoms with van der Waals surface area (Å²) >= 11 is 0. The zero-order chi connectivity index (χ0) is 14.9. The lowest BCUT2D eigenvalue weighted by Crippen LogP contribution is -2.43. The van der Waals surface area contributed by atoms with Crippen molar-refractivity contribution >= 4 is 17.3 Å². The molecule has 0 aliphatic carbocycles. The van der Waals surface area contributed by atoms with E-state index in [-0.39, 0.29) is 5.60 Å². The fourth-order valence-electron chi connectivity index (χ4n) is 3.14. The smallest absolute Gasteiger partial charge is 0.180 e. The number of nitrogen functional groups attached to an aromatic ring is 1. The maximum absolute atomic E-state index is 6.02. The first-order valence-corrected chi connectivity index (χ1v) is 7.65. The van der Waals surface area contributed by atoms with Crippen LogP contribution in [0.3, 0.4) is 0 Å². The zero-order valence-corrected chi connectivity index (χ0v) is 12.7. The molecule has 1 saturated heterocycles. The molecule has 2 aromatic rings. The Kier molecular flexibility index (Phi) is 3.71. The largest absolute Gasteiger partial charge is 0.382 e. The first-order valence-electron chi connectivity index (χ1n) is 7.65. The molecule has 1 atom stereocenters. The van der Waals surface area contributed by atoms with Gasteiger partial charge in [0.25, 0.3) is 0 Å². The third kappa shape index (κ3) is 2.68. The van der Waals surface area contributed by atoms with E-state index in [4.69, 9.17) is 10.5 Å². The van der Waals surface area contributed by atoms with E-state index in [1.165, 1.54) is 0 Å². The van der Waals surface area contributed by atoms with Gasteiger partial charge in [0.1, 0.15) is 5.82 Å². The molecular formula is C15H23N5O. The van der Waals surface area contributed by atoms with Crippen LogP contribution < -0.4 is 11.1 Å². The number of imidazole rings is 1. The summed E-state index contributed by atoms with van der Waals surface area (Å²) in [5.74, 6) is 1.25. The van der Waals surface area contributed by atoms with Crippen molar-refractivity contribution in [3.8, 4) is 0 Å². The molecule has 0 aromatic carbocycles. The highest BCUT2D eigenvalue weighted by atomic mass is 16.5. The van der Waals surface area contributed by atoms with Crippen LogP contribution in [0.15, 0.2) is 18.6 Å². The van der Waals surface area contributed by atoms with Crippen LogP contribution in [0.4, 0.5) is 11.6 Å². The summed E-state index contributed by atoms with van der Waals surface area (Å²) < 4.78 is 7.92. The van der Waals surface area contributed by atoms with Gasteiger partial charge >= 0.3 is 0 Å². The van der Waals surface area contributed by atoms with E-state index in [2.05, 4.69) is 29.1 Å². The number of hydrogen-bond donors (Lipinski definition) is 2. The van der Waals surface area contributed by atoms with Gasteiger partial charge in [0.05, 0.1) is 11.8 Å². The minimum absolute atomic E-state index is 0.0120. The molecule has 1 fully saturated rings. The second-order valence-electron chi connectivity index (χ2n) is 5.75. The Labute approximate surface area is 124 Å². The molecule has 21 heavy (non-hydrogen) atoms. The lowest BCUT2D eigenvalue weighted by molar-refractivity contribution is -0.0864. The second-order valence-corrected chi connectivity index (χ2v) is 5.75. The average molecular weight is 289 g/mol. The van der Waals surface area contributed by atoms with Crippen LogP contribution in [0.25, 0.3) is 5.65 Å². The Morgan fingerprint density at radius 3 is 3.05 bits per heavy atom. The second kappa shape index (κ2) is 5.52. The number of nitrogens with two attached hydrogens (primary N) is 1. The Morgan fingerprint density at radius 2 is 2.29 bits per heavy atom. The maximum atomic E-state index is 6.02. The minimum atomic E-state index is -0.0120. The number of fused-ring (bicyclic) bond motifs is 1. The molecule has 1 aliphatic rings. The number of anilines is 2. The van der Waals surface area contributed by atoms with Gasteiger partial charge in [0.2, 0.25) is 0 Å². The molecule has 6 nitrogen and oxygen atoms in total. The fourth-order valence-corrected chi connectivity index (χ4v) is 3.14. The van der Waals surface area contributed by atoms with Crippen molar-refractivity contribution < 1.29 is 4.74 Å². The first kappa shape index (κ1) is 14.1. The Hall–Kier alpha value is -1.82. The SMILES string of the molecule is CCC1(CC)CC(Nc2nc(N)cn3ccnc23)CCO1. The summed E-state index contributed by atoms with van der Waals surface area (Å²) in [5, 5.41) is 3.52. The Bertz CT molecular complexity index is 620. The summed E-state index contributed by atoms with van der Waals surface area (Å²) in [6.45, 7) is 5.17. The molecule has 0 radical (unpaired) electrons. The van der Waals surface area contributed by atoms with Gasteiger partial charge in [-0.15, -0.1) is 0 Å². The lowest BCUT2D eigenvalue weighted by atomic mass is 9.86. The molecule has 1 aliphatic heterocycles. The number of rotatable bonds is 4. The zero-order valence-electron chi connectivity index (χ0n) is 12.7. The average Bonchev–Trinajstić information content (AvgIpc) is 2.95. The third-order valence-corrected chi connectivity index (χ3v) is 4.52. The highest BCUT2D eigenvalue weighted by Crippen LogP contribution is 2.33. The monoisotopic (exact) mass is 289 g/mol. The molecule has 3 N–H and O–H groups in total. The minimum Gasteiger partial charge on any atom is -0.382 e. The van der Waals surface area contributed by atoms with E-state index in [9.17, 15) is 0 Å². The highest BCUT2D eigenvalue weighted by Gasteiger charge is 2.34. The van der Waals surface area contributed by atoms with Crippen molar-refractivity contribution in [2.45, 2.75) is 51.2 Å². The number of nitrogens with one attached hydrogen (secondary N) is 1. The van der Waals surface area contributed by atoms with E-state index < -0.39 is 0 Å². The summed E-state index contributed by atoms with van der Waals surface area (Å²) in [4.78, 5) is 8.76. The molecule has 0 spiro atoms. The maximum Gasteiger partial charge on any atom is 0.180 e. The summed E-state index contributed by atoms with van der Waals surface area (Å²) in [6, 6.07) is 0.341. The van der Waals surface area contributed by atoms with E-state index in [0.717, 1.165) is 43.8 Å². The molecule has 2 aromatic heterocycles. The fraction of sp³-hybridized carbons (Fsp3) is 0.600. The number of nitrogens with zero attached hydrogens (tertiary/aromatic N) is 3. The van der Waals surface area contributed by atoms with E-state index >= 15 is 0 Å². The molecule has 6 heteroatoms. The molecule has 0 saturated carbocycles. The van der Waals surface area contributed by atoms with Crippen LogP contribution in [-0.4, -0.2) is 32.6 Å².